The summed E-state index contributed by atoms with van der Waals surface area (Å²) in [6.07, 6.45) is 1.68. The van der Waals surface area contributed by atoms with Gasteiger partial charge in [0.05, 0.1) is 22.5 Å². The fourth-order valence-electron chi connectivity index (χ4n) is 1.35. The van der Waals surface area contributed by atoms with Crippen LogP contribution in [0.5, 0.6) is 0 Å². The Morgan fingerprint density at radius 2 is 1.88 bits per heavy atom. The van der Waals surface area contributed by atoms with E-state index < -0.39 is 10.1 Å². The zero-order valence-corrected chi connectivity index (χ0v) is 9.18. The average molecular weight is 238 g/mol. The molecule has 5 nitrogen and oxygen atoms in total. The van der Waals surface area contributed by atoms with E-state index in [4.69, 9.17) is 4.55 Å². The zero-order chi connectivity index (χ0) is 11.6. The number of hydrogen-bond acceptors (Lipinski definition) is 4. The van der Waals surface area contributed by atoms with Crippen LogP contribution in [0.1, 0.15) is 5.69 Å². The summed E-state index contributed by atoms with van der Waals surface area (Å²) < 4.78 is 29.8. The summed E-state index contributed by atoms with van der Waals surface area (Å²) in [7, 11) is -3.94. The van der Waals surface area contributed by atoms with Crippen LogP contribution in [0, 0.1) is 0 Å². The van der Waals surface area contributed by atoms with E-state index in [-0.39, 0.29) is 12.2 Å². The maximum Gasteiger partial charge on any atom is 0.265 e. The molecule has 0 amide bonds. The summed E-state index contributed by atoms with van der Waals surface area (Å²) in [5.74, 6) is -0.333. The molecule has 0 aliphatic rings. The van der Waals surface area contributed by atoms with E-state index in [1.54, 1.807) is 6.07 Å². The van der Waals surface area contributed by atoms with Gasteiger partial charge in [-0.05, 0) is 12.1 Å². The van der Waals surface area contributed by atoms with Crippen molar-refractivity contribution in [1.82, 2.24) is 9.97 Å². The molecule has 1 heterocycles. The molecule has 2 rings (SSSR count). The van der Waals surface area contributed by atoms with Gasteiger partial charge in [-0.2, -0.15) is 8.42 Å². The van der Waals surface area contributed by atoms with Gasteiger partial charge in [-0.25, -0.2) is 4.98 Å². The maximum atomic E-state index is 10.6. The first-order valence-electron chi connectivity index (χ1n) is 4.70. The molecule has 1 N–H and O–H groups in total. The molecule has 0 aliphatic heterocycles. The summed E-state index contributed by atoms with van der Waals surface area (Å²) in [6.45, 7) is 0. The molecular weight excluding hydrogens is 228 g/mol. The first-order valence-corrected chi connectivity index (χ1v) is 6.31. The summed E-state index contributed by atoms with van der Waals surface area (Å²) in [5, 5.41) is 0. The van der Waals surface area contributed by atoms with Crippen molar-refractivity contribution in [1.29, 1.82) is 0 Å². The maximum absolute atomic E-state index is 10.6. The minimum Gasteiger partial charge on any atom is -0.286 e. The lowest BCUT2D eigenvalue weighted by Crippen LogP contribution is -2.07. The highest BCUT2D eigenvalue weighted by atomic mass is 32.2. The smallest absolute Gasteiger partial charge is 0.265 e. The first-order chi connectivity index (χ1) is 7.54. The Morgan fingerprint density at radius 1 is 1.19 bits per heavy atom. The minimum atomic E-state index is -3.94. The van der Waals surface area contributed by atoms with Gasteiger partial charge in [-0.1, -0.05) is 12.1 Å². The minimum absolute atomic E-state index is 0.163. The van der Waals surface area contributed by atoms with Crippen molar-refractivity contribution in [2.45, 2.75) is 6.42 Å². The third-order valence-corrected chi connectivity index (χ3v) is 2.83. The second-order valence-corrected chi connectivity index (χ2v) is 4.96. The highest BCUT2D eigenvalue weighted by molar-refractivity contribution is 7.85. The molecule has 0 atom stereocenters. The van der Waals surface area contributed by atoms with Gasteiger partial charge in [-0.15, -0.1) is 0 Å². The number of aromatic nitrogens is 2. The van der Waals surface area contributed by atoms with Crippen LogP contribution in [0.25, 0.3) is 11.0 Å². The fraction of sp³-hybridized carbons (Fsp3) is 0.200. The largest absolute Gasteiger partial charge is 0.286 e. The summed E-state index contributed by atoms with van der Waals surface area (Å²) in [4.78, 5) is 8.38. The number of nitrogens with zero attached hydrogens (tertiary/aromatic N) is 2. The van der Waals surface area contributed by atoms with Crippen molar-refractivity contribution < 1.29 is 13.0 Å². The lowest BCUT2D eigenvalue weighted by atomic mass is 10.3. The van der Waals surface area contributed by atoms with Crippen LogP contribution >= 0.6 is 0 Å². The Balaban J connectivity index is 2.26. The second kappa shape index (κ2) is 4.15. The van der Waals surface area contributed by atoms with Crippen LogP contribution in [0.4, 0.5) is 0 Å². The van der Waals surface area contributed by atoms with E-state index in [1.165, 1.54) is 6.20 Å². The van der Waals surface area contributed by atoms with Crippen molar-refractivity contribution in [2.24, 2.45) is 0 Å². The van der Waals surface area contributed by atoms with Crippen molar-refractivity contribution in [3.63, 3.8) is 0 Å². The van der Waals surface area contributed by atoms with Crippen LogP contribution < -0.4 is 0 Å². The van der Waals surface area contributed by atoms with Gasteiger partial charge < -0.3 is 0 Å². The van der Waals surface area contributed by atoms with Crippen LogP contribution in [-0.2, 0) is 16.5 Å². The van der Waals surface area contributed by atoms with Crippen LogP contribution in [0.2, 0.25) is 0 Å². The molecule has 16 heavy (non-hydrogen) atoms. The van der Waals surface area contributed by atoms with Gasteiger partial charge in [0.15, 0.2) is 0 Å². The Kier molecular flexibility index (Phi) is 2.84. The Morgan fingerprint density at radius 3 is 2.56 bits per heavy atom. The third kappa shape index (κ3) is 2.74. The van der Waals surface area contributed by atoms with Gasteiger partial charge in [-0.3, -0.25) is 9.54 Å². The topological polar surface area (TPSA) is 80.2 Å². The number of hydrogen-bond donors (Lipinski definition) is 1. The third-order valence-electron chi connectivity index (χ3n) is 2.11. The fourth-order valence-corrected chi connectivity index (χ4v) is 1.82. The van der Waals surface area contributed by atoms with Gasteiger partial charge >= 0.3 is 0 Å². The van der Waals surface area contributed by atoms with Crippen molar-refractivity contribution in [2.75, 3.05) is 5.75 Å². The Labute approximate surface area is 92.9 Å². The molecule has 1 aromatic carbocycles. The number of fused-ring (bicyclic) bond motifs is 1. The van der Waals surface area contributed by atoms with Gasteiger partial charge in [0.1, 0.15) is 0 Å². The van der Waals surface area contributed by atoms with Gasteiger partial charge in [0.25, 0.3) is 10.1 Å². The molecule has 0 aliphatic carbocycles. The number of aryl methyl sites for hydroxylation is 1. The van der Waals surface area contributed by atoms with E-state index in [9.17, 15) is 8.42 Å². The van der Waals surface area contributed by atoms with Crippen LogP contribution in [0.15, 0.2) is 30.5 Å². The standard InChI is InChI=1S/C10H10N2O3S/c13-16(14,15)6-5-8-7-11-9-3-1-2-4-10(9)12-8/h1-4,7H,5-6H2,(H,13,14,15). The molecule has 0 saturated carbocycles. The monoisotopic (exact) mass is 238 g/mol. The average Bonchev–Trinajstić information content (AvgIpc) is 2.25. The molecule has 84 valence electrons. The molecule has 0 unspecified atom stereocenters. The summed E-state index contributed by atoms with van der Waals surface area (Å²) in [5.41, 5.74) is 2.03. The predicted octanol–water partition coefficient (Wildman–Crippen LogP) is 1.06. The van der Waals surface area contributed by atoms with E-state index >= 15 is 0 Å². The zero-order valence-electron chi connectivity index (χ0n) is 8.37. The van der Waals surface area contributed by atoms with Crippen LogP contribution in [-0.4, -0.2) is 28.7 Å². The normalized spacial score (nSPS) is 11.8. The van der Waals surface area contributed by atoms with Gasteiger partial charge in [0, 0.05) is 12.6 Å². The summed E-state index contributed by atoms with van der Waals surface area (Å²) >= 11 is 0. The lowest BCUT2D eigenvalue weighted by Gasteiger charge is -2.00. The van der Waals surface area contributed by atoms with Crippen molar-refractivity contribution in [3.05, 3.63) is 36.2 Å². The SMILES string of the molecule is O=S(=O)(O)CCc1cnc2ccccc2n1. The molecule has 0 radical (unpaired) electrons. The molecular formula is C10H10N2O3S. The quantitative estimate of drug-likeness (QED) is 0.809. The molecule has 6 heteroatoms. The number of para-hydroxylation sites is 2. The Bertz CT molecular complexity index is 610. The van der Waals surface area contributed by atoms with E-state index in [2.05, 4.69) is 9.97 Å². The number of rotatable bonds is 3. The molecule has 0 bridgehead atoms. The Hall–Kier alpha value is -1.53. The molecule has 2 aromatic rings. The van der Waals surface area contributed by atoms with Crippen LogP contribution in [0.3, 0.4) is 0 Å². The highest BCUT2D eigenvalue weighted by Gasteiger charge is 2.06. The molecule has 1 aromatic heterocycles. The van der Waals surface area contributed by atoms with Gasteiger partial charge in [0.2, 0.25) is 0 Å². The molecule has 0 fully saturated rings. The number of benzene rings is 1. The first kappa shape index (κ1) is 11.0. The molecule has 0 saturated heterocycles. The second-order valence-electron chi connectivity index (χ2n) is 3.39. The molecule has 0 spiro atoms. The highest BCUT2D eigenvalue weighted by Crippen LogP contribution is 2.08. The van der Waals surface area contributed by atoms with Crippen molar-refractivity contribution >= 4 is 21.2 Å². The van der Waals surface area contributed by atoms with E-state index in [0.29, 0.717) is 5.69 Å². The van der Waals surface area contributed by atoms with E-state index in [0.717, 1.165) is 11.0 Å². The van der Waals surface area contributed by atoms with E-state index in [1.807, 2.05) is 18.2 Å². The van der Waals surface area contributed by atoms with Crippen molar-refractivity contribution in [3.8, 4) is 0 Å². The summed E-state index contributed by atoms with van der Waals surface area (Å²) in [6, 6.07) is 7.33. The lowest BCUT2D eigenvalue weighted by molar-refractivity contribution is 0.482. The predicted molar refractivity (Wildman–Crippen MR) is 59.7 cm³/mol.